The van der Waals surface area contributed by atoms with Crippen molar-refractivity contribution in [3.8, 4) is 0 Å². The number of esters is 1. The number of rotatable bonds is 6. The molecule has 8 atom stereocenters. The van der Waals surface area contributed by atoms with E-state index in [0.29, 0.717) is 18.3 Å². The minimum absolute atomic E-state index is 0.0124. The molecule has 0 aromatic carbocycles. The van der Waals surface area contributed by atoms with Gasteiger partial charge in [-0.25, -0.2) is 0 Å². The third-order valence-corrected chi connectivity index (χ3v) is 8.51. The van der Waals surface area contributed by atoms with Crippen molar-refractivity contribution in [2.45, 2.75) is 97.1 Å². The van der Waals surface area contributed by atoms with E-state index in [9.17, 15) is 9.90 Å². The van der Waals surface area contributed by atoms with Crippen LogP contribution in [0.25, 0.3) is 0 Å². The maximum absolute atomic E-state index is 11.6. The van der Waals surface area contributed by atoms with Crippen molar-refractivity contribution in [2.24, 2.45) is 22.7 Å². The Kier molecular flexibility index (Phi) is 6.27. The van der Waals surface area contributed by atoms with Crippen LogP contribution in [0.5, 0.6) is 0 Å². The number of carbonyl (C=O) groups excluding carboxylic acids is 1. The van der Waals surface area contributed by atoms with Gasteiger partial charge in [-0.2, -0.15) is 4.89 Å². The van der Waals surface area contributed by atoms with Crippen molar-refractivity contribution in [1.29, 1.82) is 0 Å². The van der Waals surface area contributed by atoms with Gasteiger partial charge in [0.15, 0.2) is 0 Å². The van der Waals surface area contributed by atoms with E-state index in [2.05, 4.69) is 27.4 Å². The summed E-state index contributed by atoms with van der Waals surface area (Å²) in [6, 6.07) is 0. The normalized spacial score (nSPS) is 43.8. The van der Waals surface area contributed by atoms with E-state index in [1.807, 2.05) is 6.08 Å². The summed E-state index contributed by atoms with van der Waals surface area (Å²) in [5.41, 5.74) is 1.05. The minimum Gasteiger partial charge on any atom is -0.459 e. The van der Waals surface area contributed by atoms with Gasteiger partial charge in [0, 0.05) is 24.7 Å². The van der Waals surface area contributed by atoms with Crippen LogP contribution in [0.3, 0.4) is 0 Å². The summed E-state index contributed by atoms with van der Waals surface area (Å²) in [4.78, 5) is 22.7. The van der Waals surface area contributed by atoms with Crippen molar-refractivity contribution >= 4 is 5.97 Å². The number of allylic oxidation sites excluding steroid dienone is 1. The molecule has 0 aromatic rings. The zero-order valence-corrected chi connectivity index (χ0v) is 19.4. The predicted molar refractivity (Wildman–Crippen MR) is 116 cm³/mol. The smallest absolute Gasteiger partial charge is 0.303 e. The largest absolute Gasteiger partial charge is 0.459 e. The second kappa shape index (κ2) is 8.53. The van der Waals surface area contributed by atoms with Crippen molar-refractivity contribution in [1.82, 2.24) is 0 Å². The van der Waals surface area contributed by atoms with Crippen molar-refractivity contribution in [2.75, 3.05) is 6.61 Å². The van der Waals surface area contributed by atoms with Gasteiger partial charge in [0.05, 0.1) is 18.8 Å². The third-order valence-electron chi connectivity index (χ3n) is 8.51. The van der Waals surface area contributed by atoms with Crippen LogP contribution in [-0.4, -0.2) is 42.1 Å². The molecule has 0 bridgehead atoms. The Labute approximate surface area is 185 Å². The van der Waals surface area contributed by atoms with Crippen LogP contribution in [0, 0.1) is 22.7 Å². The van der Waals surface area contributed by atoms with Crippen LogP contribution in [-0.2, 0) is 24.0 Å². The lowest BCUT2D eigenvalue weighted by atomic mass is 9.49. The van der Waals surface area contributed by atoms with E-state index < -0.39 is 6.10 Å². The Morgan fingerprint density at radius 3 is 2.81 bits per heavy atom. The number of aliphatic hydroxyl groups excluding tert-OH is 1. The first kappa shape index (κ1) is 22.8. The van der Waals surface area contributed by atoms with E-state index in [1.54, 1.807) is 0 Å². The molecule has 4 aliphatic rings. The summed E-state index contributed by atoms with van der Waals surface area (Å²) in [6.07, 6.45) is 7.53. The van der Waals surface area contributed by atoms with Crippen LogP contribution in [0.15, 0.2) is 24.0 Å². The molecule has 0 amide bonds. The maximum atomic E-state index is 11.6. The van der Waals surface area contributed by atoms with Crippen LogP contribution in [0.1, 0.15) is 72.6 Å². The molecule has 0 spiro atoms. The lowest BCUT2D eigenvalue weighted by Crippen LogP contribution is -2.58. The Balaban J connectivity index is 1.50. The van der Waals surface area contributed by atoms with Gasteiger partial charge < -0.3 is 19.5 Å². The van der Waals surface area contributed by atoms with E-state index in [-0.39, 0.29) is 41.0 Å². The summed E-state index contributed by atoms with van der Waals surface area (Å²) in [5.74, 6) is 0.763. The van der Waals surface area contributed by atoms with Gasteiger partial charge in [-0.05, 0) is 49.9 Å². The number of carbonyl (C=O) groups is 1. The van der Waals surface area contributed by atoms with E-state index >= 15 is 0 Å². The summed E-state index contributed by atoms with van der Waals surface area (Å²) in [5, 5.41) is 11.2. The SMILES string of the molecule is C=C(CCC)OO[C@H]1CC[C@@]2(C)C(=C[C@H](O)C3C4OCC(OC(C)=O)[C@@]4(C)CCC32)C1. The molecule has 4 unspecified atom stereocenters. The Morgan fingerprint density at radius 2 is 2.10 bits per heavy atom. The zero-order chi connectivity index (χ0) is 22.4. The lowest BCUT2D eigenvalue weighted by molar-refractivity contribution is -0.301. The Hall–Kier alpha value is -1.37. The quantitative estimate of drug-likeness (QED) is 0.219. The molecular formula is C25H38O6. The van der Waals surface area contributed by atoms with Crippen LogP contribution < -0.4 is 0 Å². The molecule has 3 aliphatic carbocycles. The molecule has 3 fully saturated rings. The van der Waals surface area contributed by atoms with Crippen LogP contribution in [0.4, 0.5) is 0 Å². The highest BCUT2D eigenvalue weighted by atomic mass is 17.2. The predicted octanol–water partition coefficient (Wildman–Crippen LogP) is 4.47. The molecule has 6 nitrogen and oxygen atoms in total. The first-order valence-corrected chi connectivity index (χ1v) is 11.9. The molecule has 0 radical (unpaired) electrons. The average molecular weight is 435 g/mol. The number of hydrogen-bond donors (Lipinski definition) is 1. The molecule has 31 heavy (non-hydrogen) atoms. The van der Waals surface area contributed by atoms with Crippen LogP contribution >= 0.6 is 0 Å². The fourth-order valence-corrected chi connectivity index (χ4v) is 6.75. The molecule has 4 rings (SSSR count). The first-order chi connectivity index (χ1) is 14.7. The second-order valence-corrected chi connectivity index (χ2v) is 10.5. The van der Waals surface area contributed by atoms with Gasteiger partial charge in [-0.3, -0.25) is 4.79 Å². The standard InChI is InChI=1S/C25H38O6/c1-6-7-15(2)30-31-18-8-10-24(4)17(12-18)13-20(27)22-19(24)9-11-25(5)21(29-16(3)26)14-28-23(22)25/h13,18-23,27H,2,6-12,14H2,1,3-5H3/t18-,19?,20-,21?,22?,23?,24-,25+/m0/s1. The highest BCUT2D eigenvalue weighted by molar-refractivity contribution is 5.66. The number of hydrogen-bond acceptors (Lipinski definition) is 6. The van der Waals surface area contributed by atoms with E-state index in [0.717, 1.165) is 44.9 Å². The van der Waals surface area contributed by atoms with Crippen molar-refractivity contribution in [3.05, 3.63) is 24.0 Å². The average Bonchev–Trinajstić information content (AvgIpc) is 3.03. The van der Waals surface area contributed by atoms with Gasteiger partial charge >= 0.3 is 5.97 Å². The summed E-state index contributed by atoms with van der Waals surface area (Å²) in [7, 11) is 0. The molecule has 0 aromatic heterocycles. The molecule has 1 aliphatic heterocycles. The summed E-state index contributed by atoms with van der Waals surface area (Å²) < 4.78 is 11.8. The van der Waals surface area contributed by atoms with Gasteiger partial charge in [0.25, 0.3) is 0 Å². The van der Waals surface area contributed by atoms with E-state index in [4.69, 9.17) is 19.2 Å². The van der Waals surface area contributed by atoms with Crippen molar-refractivity contribution < 1.29 is 29.1 Å². The van der Waals surface area contributed by atoms with Crippen molar-refractivity contribution in [3.63, 3.8) is 0 Å². The molecule has 174 valence electrons. The van der Waals surface area contributed by atoms with Gasteiger partial charge in [0.2, 0.25) is 0 Å². The summed E-state index contributed by atoms with van der Waals surface area (Å²) in [6.45, 7) is 12.4. The highest BCUT2D eigenvalue weighted by Crippen LogP contribution is 2.62. The fourth-order valence-electron chi connectivity index (χ4n) is 6.75. The lowest BCUT2D eigenvalue weighted by Gasteiger charge is -2.57. The molecule has 1 saturated heterocycles. The number of aliphatic hydroxyl groups is 1. The Bertz CT molecular complexity index is 746. The van der Waals surface area contributed by atoms with Gasteiger partial charge in [0.1, 0.15) is 18.0 Å². The number of fused-ring (bicyclic) bond motifs is 5. The third kappa shape index (κ3) is 3.96. The zero-order valence-electron chi connectivity index (χ0n) is 19.4. The number of ether oxygens (including phenoxy) is 2. The fraction of sp³-hybridized carbons (Fsp3) is 0.800. The highest BCUT2D eigenvalue weighted by Gasteiger charge is 2.62. The summed E-state index contributed by atoms with van der Waals surface area (Å²) >= 11 is 0. The van der Waals surface area contributed by atoms with E-state index in [1.165, 1.54) is 12.5 Å². The second-order valence-electron chi connectivity index (χ2n) is 10.5. The Morgan fingerprint density at radius 1 is 1.32 bits per heavy atom. The first-order valence-electron chi connectivity index (χ1n) is 11.9. The molecule has 1 heterocycles. The topological polar surface area (TPSA) is 74.2 Å². The minimum atomic E-state index is -0.566. The molecule has 2 saturated carbocycles. The maximum Gasteiger partial charge on any atom is 0.303 e. The van der Waals surface area contributed by atoms with Gasteiger partial charge in [-0.15, -0.1) is 0 Å². The van der Waals surface area contributed by atoms with Crippen LogP contribution in [0.2, 0.25) is 0 Å². The molecule has 1 N–H and O–H groups in total. The molecular weight excluding hydrogens is 396 g/mol. The molecule has 6 heteroatoms. The monoisotopic (exact) mass is 434 g/mol. The van der Waals surface area contributed by atoms with Gasteiger partial charge in [-0.1, -0.05) is 39.0 Å².